The maximum atomic E-state index is 10.3. The summed E-state index contributed by atoms with van der Waals surface area (Å²) in [6.45, 7) is 1.15. The van der Waals surface area contributed by atoms with Crippen molar-refractivity contribution >= 4 is 13.6 Å². The molecule has 6 nitrogen and oxygen atoms in total. The lowest BCUT2D eigenvalue weighted by atomic mass is 10.0. The molecule has 0 saturated heterocycles. The Labute approximate surface area is 69.5 Å². The van der Waals surface area contributed by atoms with Crippen LogP contribution >= 0.6 is 7.60 Å². The Balaban J connectivity index is 4.10. The predicted molar refractivity (Wildman–Crippen MR) is 39.1 cm³/mol. The summed E-state index contributed by atoms with van der Waals surface area (Å²) in [5.41, 5.74) is 3.48. The third kappa shape index (κ3) is 4.46. The summed E-state index contributed by atoms with van der Waals surface area (Å²) in [6.07, 6.45) is -0.854. The standard InChI is InChI=1S/C5H12NO5P/c1-5(6,4(7)8)2-3-12(9,10)11/h2-3,6H2,1H3,(H,7,8)(H2,9,10,11)/p-1. The Hall–Kier alpha value is -0.420. The minimum absolute atomic E-state index is 0.306. The molecule has 0 aromatic rings. The first-order valence-electron chi connectivity index (χ1n) is 3.20. The number of rotatable bonds is 4. The lowest BCUT2D eigenvalue weighted by Gasteiger charge is -2.25. The van der Waals surface area contributed by atoms with Crippen molar-refractivity contribution in [2.75, 3.05) is 6.16 Å². The second-order valence-corrected chi connectivity index (χ2v) is 4.62. The van der Waals surface area contributed by atoms with Crippen LogP contribution in [0.25, 0.3) is 0 Å². The molecule has 0 aromatic carbocycles. The first kappa shape index (κ1) is 11.6. The van der Waals surface area contributed by atoms with Crippen molar-refractivity contribution in [1.29, 1.82) is 0 Å². The second kappa shape index (κ2) is 3.53. The molecule has 0 heterocycles. The smallest absolute Gasteiger partial charge is 0.325 e. The van der Waals surface area contributed by atoms with Crippen LogP contribution in [0.2, 0.25) is 0 Å². The minimum Gasteiger partial charge on any atom is -0.548 e. The predicted octanol–water partition coefficient (Wildman–Crippen LogP) is -1.98. The van der Waals surface area contributed by atoms with E-state index in [2.05, 4.69) is 0 Å². The molecular weight excluding hydrogens is 185 g/mol. The molecule has 0 amide bonds. The van der Waals surface area contributed by atoms with E-state index in [0.717, 1.165) is 6.92 Å². The van der Waals surface area contributed by atoms with Gasteiger partial charge in [-0.15, -0.1) is 0 Å². The molecule has 1 unspecified atom stereocenters. The molecule has 0 aromatic heterocycles. The highest BCUT2D eigenvalue weighted by Gasteiger charge is 2.24. The van der Waals surface area contributed by atoms with Gasteiger partial charge in [0.1, 0.15) is 0 Å². The summed E-state index contributed by atoms with van der Waals surface area (Å²) in [5, 5.41) is 10.2. The summed E-state index contributed by atoms with van der Waals surface area (Å²) >= 11 is 0. The van der Waals surface area contributed by atoms with Crippen LogP contribution in [0, 0.1) is 0 Å². The number of carboxylic acid groups (broad SMARTS) is 1. The van der Waals surface area contributed by atoms with Crippen molar-refractivity contribution < 1.29 is 24.3 Å². The van der Waals surface area contributed by atoms with E-state index >= 15 is 0 Å². The first-order chi connectivity index (χ1) is 5.15. The van der Waals surface area contributed by atoms with E-state index in [1.165, 1.54) is 0 Å². The van der Waals surface area contributed by atoms with Gasteiger partial charge < -0.3 is 25.4 Å². The third-order valence-electron chi connectivity index (χ3n) is 1.39. The molecule has 0 radical (unpaired) electrons. The molecule has 0 fully saturated rings. The van der Waals surface area contributed by atoms with Gasteiger partial charge in [0.05, 0.1) is 17.7 Å². The Kier molecular flexibility index (Phi) is 3.41. The van der Waals surface area contributed by atoms with Crippen LogP contribution in [0.15, 0.2) is 0 Å². The van der Waals surface area contributed by atoms with Crippen LogP contribution in [0.3, 0.4) is 0 Å². The molecule has 1 atom stereocenters. The van der Waals surface area contributed by atoms with Gasteiger partial charge in [-0.3, -0.25) is 4.57 Å². The zero-order valence-electron chi connectivity index (χ0n) is 6.56. The van der Waals surface area contributed by atoms with Crippen LogP contribution in [0.5, 0.6) is 0 Å². The lowest BCUT2D eigenvalue weighted by molar-refractivity contribution is -0.312. The van der Waals surface area contributed by atoms with Gasteiger partial charge in [-0.05, 0) is 13.3 Å². The molecule has 0 aliphatic heterocycles. The molecule has 72 valence electrons. The van der Waals surface area contributed by atoms with Crippen molar-refractivity contribution in [2.24, 2.45) is 5.73 Å². The van der Waals surface area contributed by atoms with Gasteiger partial charge in [0.25, 0.3) is 0 Å². The number of hydrogen-bond acceptors (Lipinski definition) is 4. The second-order valence-electron chi connectivity index (χ2n) is 2.84. The quantitative estimate of drug-likeness (QED) is 0.447. The molecule has 0 aliphatic carbocycles. The van der Waals surface area contributed by atoms with Crippen LogP contribution in [0.1, 0.15) is 13.3 Å². The van der Waals surface area contributed by atoms with E-state index in [-0.39, 0.29) is 6.42 Å². The fourth-order valence-electron chi connectivity index (χ4n) is 0.480. The minimum atomic E-state index is -4.17. The van der Waals surface area contributed by atoms with Crippen LogP contribution in [-0.4, -0.2) is 27.5 Å². The zero-order chi connectivity index (χ0) is 9.99. The molecule has 12 heavy (non-hydrogen) atoms. The Morgan fingerprint density at radius 2 is 2.08 bits per heavy atom. The maximum Gasteiger partial charge on any atom is 0.325 e. The Morgan fingerprint density at radius 3 is 2.33 bits per heavy atom. The molecule has 0 saturated carbocycles. The van der Waals surface area contributed by atoms with Crippen LogP contribution < -0.4 is 10.8 Å². The van der Waals surface area contributed by atoms with E-state index < -0.39 is 25.3 Å². The van der Waals surface area contributed by atoms with E-state index in [1.807, 2.05) is 0 Å². The monoisotopic (exact) mass is 196 g/mol. The summed E-state index contributed by atoms with van der Waals surface area (Å²) in [5.74, 6) is -1.52. The van der Waals surface area contributed by atoms with Crippen LogP contribution in [-0.2, 0) is 9.36 Å². The highest BCUT2D eigenvalue weighted by atomic mass is 31.2. The van der Waals surface area contributed by atoms with Gasteiger partial charge in [0, 0.05) is 0 Å². The molecule has 0 aliphatic rings. The van der Waals surface area contributed by atoms with Crippen LogP contribution in [0.4, 0.5) is 0 Å². The number of nitrogens with two attached hydrogens (primary N) is 1. The Morgan fingerprint density at radius 1 is 1.67 bits per heavy atom. The molecule has 0 spiro atoms. The van der Waals surface area contributed by atoms with Gasteiger partial charge in [-0.25, -0.2) is 0 Å². The normalized spacial score (nSPS) is 17.0. The molecular formula is C5H11NO5P-. The molecule has 0 bridgehead atoms. The number of carbonyl (C=O) groups is 1. The fourth-order valence-corrected chi connectivity index (χ4v) is 1.24. The summed E-state index contributed by atoms with van der Waals surface area (Å²) in [4.78, 5) is 27.1. The molecule has 7 heteroatoms. The van der Waals surface area contributed by atoms with E-state index in [9.17, 15) is 14.5 Å². The third-order valence-corrected chi connectivity index (χ3v) is 2.19. The lowest BCUT2D eigenvalue weighted by Crippen LogP contribution is -2.53. The summed E-state index contributed by atoms with van der Waals surface area (Å²) < 4.78 is 10.3. The van der Waals surface area contributed by atoms with Crippen molar-refractivity contribution in [1.82, 2.24) is 0 Å². The van der Waals surface area contributed by atoms with Crippen molar-refractivity contribution in [3.8, 4) is 0 Å². The highest BCUT2D eigenvalue weighted by molar-refractivity contribution is 7.51. The van der Waals surface area contributed by atoms with E-state index in [1.54, 1.807) is 0 Å². The number of aliphatic carboxylic acids is 1. The van der Waals surface area contributed by atoms with E-state index in [0.29, 0.717) is 0 Å². The number of carboxylic acids is 1. The van der Waals surface area contributed by atoms with Gasteiger partial charge in [-0.2, -0.15) is 0 Å². The fraction of sp³-hybridized carbons (Fsp3) is 0.800. The van der Waals surface area contributed by atoms with Gasteiger partial charge in [-0.1, -0.05) is 0 Å². The highest BCUT2D eigenvalue weighted by Crippen LogP contribution is 2.36. The van der Waals surface area contributed by atoms with Gasteiger partial charge >= 0.3 is 7.60 Å². The van der Waals surface area contributed by atoms with Crippen molar-refractivity contribution in [2.45, 2.75) is 18.9 Å². The summed E-state index contributed by atoms with van der Waals surface area (Å²) in [6, 6.07) is 0. The van der Waals surface area contributed by atoms with Gasteiger partial charge in [0.15, 0.2) is 0 Å². The van der Waals surface area contributed by atoms with E-state index in [4.69, 9.17) is 15.5 Å². The number of hydrogen-bond donors (Lipinski definition) is 3. The van der Waals surface area contributed by atoms with Gasteiger partial charge in [0.2, 0.25) is 0 Å². The molecule has 0 rings (SSSR count). The zero-order valence-corrected chi connectivity index (χ0v) is 7.45. The SMILES string of the molecule is CC(N)(CCP(=O)(O)O)C(=O)[O-]. The topological polar surface area (TPSA) is 124 Å². The van der Waals surface area contributed by atoms with Crippen molar-refractivity contribution in [3.63, 3.8) is 0 Å². The summed E-state index contributed by atoms with van der Waals surface area (Å²) in [7, 11) is -4.17. The largest absolute Gasteiger partial charge is 0.548 e. The Bertz CT molecular complexity index is 220. The maximum absolute atomic E-state index is 10.3. The first-order valence-corrected chi connectivity index (χ1v) is 5.00. The molecule has 4 N–H and O–H groups in total. The average molecular weight is 196 g/mol. The van der Waals surface area contributed by atoms with Crippen molar-refractivity contribution in [3.05, 3.63) is 0 Å². The average Bonchev–Trinajstić information content (AvgIpc) is 1.82. The number of carbonyl (C=O) groups excluding carboxylic acids is 1.